The minimum atomic E-state index is 0.763. The summed E-state index contributed by atoms with van der Waals surface area (Å²) in [4.78, 5) is 7.99. The largest absolute Gasteiger partial charge is 0.293 e. The molecule has 0 aliphatic carbocycles. The lowest BCUT2D eigenvalue weighted by Crippen LogP contribution is -1.80. The van der Waals surface area contributed by atoms with Crippen molar-refractivity contribution in [3.63, 3.8) is 0 Å². The Bertz CT molecular complexity index is 204. The van der Waals surface area contributed by atoms with Gasteiger partial charge in [-0.1, -0.05) is 0 Å². The van der Waals surface area contributed by atoms with Crippen LogP contribution in [-0.2, 0) is 6.54 Å². The normalized spacial score (nSPS) is 10.5. The standard InChI is InChI=1S/C8H10N2/c1-2-9-7-8-3-5-10-6-4-8/h2-6H,7H2,1H3. The molecule has 0 spiro atoms. The Morgan fingerprint density at radius 1 is 1.50 bits per heavy atom. The first-order valence-corrected chi connectivity index (χ1v) is 3.27. The van der Waals surface area contributed by atoms with Crippen LogP contribution in [0.5, 0.6) is 0 Å². The molecule has 1 aromatic rings. The van der Waals surface area contributed by atoms with Gasteiger partial charge in [-0.3, -0.25) is 9.98 Å². The zero-order valence-corrected chi connectivity index (χ0v) is 5.99. The second-order valence-corrected chi connectivity index (χ2v) is 1.95. The van der Waals surface area contributed by atoms with Crippen molar-refractivity contribution < 1.29 is 0 Å². The molecule has 0 atom stereocenters. The second kappa shape index (κ2) is 3.77. The van der Waals surface area contributed by atoms with Gasteiger partial charge in [0.2, 0.25) is 0 Å². The van der Waals surface area contributed by atoms with E-state index in [1.54, 1.807) is 18.6 Å². The fourth-order valence-electron chi connectivity index (χ4n) is 0.685. The number of aromatic nitrogens is 1. The Morgan fingerprint density at radius 2 is 2.20 bits per heavy atom. The quantitative estimate of drug-likeness (QED) is 0.565. The van der Waals surface area contributed by atoms with E-state index in [0.29, 0.717) is 0 Å². The average molecular weight is 134 g/mol. The fraction of sp³-hybridized carbons (Fsp3) is 0.250. The maximum atomic E-state index is 4.09. The lowest BCUT2D eigenvalue weighted by Gasteiger charge is -1.91. The highest BCUT2D eigenvalue weighted by Gasteiger charge is 1.84. The van der Waals surface area contributed by atoms with Crippen LogP contribution in [0, 0.1) is 0 Å². The summed E-state index contributed by atoms with van der Waals surface area (Å²) < 4.78 is 0. The molecule has 0 bridgehead atoms. The molecule has 0 saturated heterocycles. The molecule has 10 heavy (non-hydrogen) atoms. The van der Waals surface area contributed by atoms with Crippen LogP contribution in [0.25, 0.3) is 0 Å². The van der Waals surface area contributed by atoms with Gasteiger partial charge in [0.1, 0.15) is 0 Å². The molecule has 0 N–H and O–H groups in total. The third-order valence-electron chi connectivity index (χ3n) is 1.21. The lowest BCUT2D eigenvalue weighted by atomic mass is 10.3. The van der Waals surface area contributed by atoms with Crippen LogP contribution >= 0.6 is 0 Å². The molecule has 2 nitrogen and oxygen atoms in total. The molecule has 52 valence electrons. The van der Waals surface area contributed by atoms with E-state index in [9.17, 15) is 0 Å². The van der Waals surface area contributed by atoms with Crippen molar-refractivity contribution >= 4 is 6.21 Å². The molecule has 1 rings (SSSR count). The van der Waals surface area contributed by atoms with Gasteiger partial charge in [-0.05, 0) is 30.8 Å². The van der Waals surface area contributed by atoms with Crippen LogP contribution in [0.3, 0.4) is 0 Å². The summed E-state index contributed by atoms with van der Waals surface area (Å²) >= 11 is 0. The van der Waals surface area contributed by atoms with E-state index in [0.717, 1.165) is 6.54 Å². The Kier molecular flexibility index (Phi) is 2.62. The number of pyridine rings is 1. The van der Waals surface area contributed by atoms with Crippen molar-refractivity contribution in [2.75, 3.05) is 0 Å². The molecule has 0 aromatic carbocycles. The summed E-state index contributed by atoms with van der Waals surface area (Å²) in [6, 6.07) is 3.93. The molecular weight excluding hydrogens is 124 g/mol. The Labute approximate surface area is 60.6 Å². The van der Waals surface area contributed by atoms with Crippen molar-refractivity contribution in [1.82, 2.24) is 4.98 Å². The summed E-state index contributed by atoms with van der Waals surface area (Å²) in [5.41, 5.74) is 1.20. The van der Waals surface area contributed by atoms with Gasteiger partial charge in [0.15, 0.2) is 0 Å². The van der Waals surface area contributed by atoms with Crippen LogP contribution < -0.4 is 0 Å². The molecular formula is C8H10N2. The minimum absolute atomic E-state index is 0.763. The predicted molar refractivity (Wildman–Crippen MR) is 42.1 cm³/mol. The average Bonchev–Trinajstić information content (AvgIpc) is 2.03. The Hall–Kier alpha value is -1.18. The molecule has 0 unspecified atom stereocenters. The molecule has 0 radical (unpaired) electrons. The first-order chi connectivity index (χ1) is 4.93. The molecule has 0 aliphatic rings. The summed E-state index contributed by atoms with van der Waals surface area (Å²) in [5, 5.41) is 0. The van der Waals surface area contributed by atoms with Gasteiger partial charge in [0, 0.05) is 12.4 Å². The maximum absolute atomic E-state index is 4.09. The van der Waals surface area contributed by atoms with Gasteiger partial charge in [-0.2, -0.15) is 0 Å². The lowest BCUT2D eigenvalue weighted by molar-refractivity contribution is 1.06. The smallest absolute Gasteiger partial charge is 0.0636 e. The summed E-state index contributed by atoms with van der Waals surface area (Å²) in [6.45, 7) is 2.68. The zero-order chi connectivity index (χ0) is 7.23. The predicted octanol–water partition coefficient (Wildman–Crippen LogP) is 1.67. The third-order valence-corrected chi connectivity index (χ3v) is 1.21. The van der Waals surface area contributed by atoms with Crippen molar-refractivity contribution in [1.29, 1.82) is 0 Å². The first-order valence-electron chi connectivity index (χ1n) is 3.27. The number of hydrogen-bond acceptors (Lipinski definition) is 2. The van der Waals surface area contributed by atoms with Crippen molar-refractivity contribution in [2.24, 2.45) is 4.99 Å². The molecule has 0 fully saturated rings. The molecule has 0 saturated carbocycles. The second-order valence-electron chi connectivity index (χ2n) is 1.95. The fourth-order valence-corrected chi connectivity index (χ4v) is 0.685. The van der Waals surface area contributed by atoms with Crippen LogP contribution in [0.1, 0.15) is 12.5 Å². The highest BCUT2D eigenvalue weighted by atomic mass is 14.7. The summed E-state index contributed by atoms with van der Waals surface area (Å²) in [6.07, 6.45) is 5.36. The highest BCUT2D eigenvalue weighted by Crippen LogP contribution is 1.96. The topological polar surface area (TPSA) is 25.2 Å². The Morgan fingerprint density at radius 3 is 2.80 bits per heavy atom. The van der Waals surface area contributed by atoms with Gasteiger partial charge in [0.25, 0.3) is 0 Å². The van der Waals surface area contributed by atoms with E-state index in [1.807, 2.05) is 19.1 Å². The number of aliphatic imine (C=N–C) groups is 1. The first kappa shape index (κ1) is 6.93. The van der Waals surface area contributed by atoms with Gasteiger partial charge in [0.05, 0.1) is 6.54 Å². The van der Waals surface area contributed by atoms with E-state index in [1.165, 1.54) is 5.56 Å². The van der Waals surface area contributed by atoms with Gasteiger partial charge in [-0.25, -0.2) is 0 Å². The van der Waals surface area contributed by atoms with Crippen LogP contribution in [0.4, 0.5) is 0 Å². The number of nitrogens with zero attached hydrogens (tertiary/aromatic N) is 2. The highest BCUT2D eigenvalue weighted by molar-refractivity contribution is 5.53. The van der Waals surface area contributed by atoms with E-state index in [2.05, 4.69) is 9.98 Å². The summed E-state index contributed by atoms with van der Waals surface area (Å²) in [7, 11) is 0. The van der Waals surface area contributed by atoms with Crippen molar-refractivity contribution in [2.45, 2.75) is 13.5 Å². The van der Waals surface area contributed by atoms with Crippen LogP contribution in [0.15, 0.2) is 29.5 Å². The molecule has 2 heteroatoms. The van der Waals surface area contributed by atoms with E-state index in [4.69, 9.17) is 0 Å². The SMILES string of the molecule is CC=NCc1ccncc1. The number of rotatable bonds is 2. The van der Waals surface area contributed by atoms with Gasteiger partial charge >= 0.3 is 0 Å². The van der Waals surface area contributed by atoms with Crippen LogP contribution in [0.2, 0.25) is 0 Å². The Balaban J connectivity index is 2.59. The van der Waals surface area contributed by atoms with E-state index in [-0.39, 0.29) is 0 Å². The zero-order valence-electron chi connectivity index (χ0n) is 5.99. The maximum Gasteiger partial charge on any atom is 0.0636 e. The molecule has 1 aromatic heterocycles. The van der Waals surface area contributed by atoms with E-state index < -0.39 is 0 Å². The van der Waals surface area contributed by atoms with Crippen molar-refractivity contribution in [3.8, 4) is 0 Å². The monoisotopic (exact) mass is 134 g/mol. The third kappa shape index (κ3) is 1.97. The molecule has 1 heterocycles. The van der Waals surface area contributed by atoms with E-state index >= 15 is 0 Å². The number of hydrogen-bond donors (Lipinski definition) is 0. The van der Waals surface area contributed by atoms with Crippen LogP contribution in [-0.4, -0.2) is 11.2 Å². The van der Waals surface area contributed by atoms with Crippen molar-refractivity contribution in [3.05, 3.63) is 30.1 Å². The van der Waals surface area contributed by atoms with Gasteiger partial charge in [-0.15, -0.1) is 0 Å². The molecule has 0 aliphatic heterocycles. The summed E-state index contributed by atoms with van der Waals surface area (Å²) in [5.74, 6) is 0. The molecule has 0 amide bonds. The minimum Gasteiger partial charge on any atom is -0.293 e. The van der Waals surface area contributed by atoms with Gasteiger partial charge < -0.3 is 0 Å².